The number of anilines is 1. The van der Waals surface area contributed by atoms with E-state index < -0.39 is 12.0 Å². The van der Waals surface area contributed by atoms with Crippen LogP contribution in [0.4, 0.5) is 10.3 Å². The van der Waals surface area contributed by atoms with Crippen molar-refractivity contribution in [3.05, 3.63) is 53.2 Å². The van der Waals surface area contributed by atoms with Crippen molar-refractivity contribution in [3.63, 3.8) is 0 Å². The maximum Gasteiger partial charge on any atom is 0.338 e. The first-order chi connectivity index (χ1) is 12.6. The van der Waals surface area contributed by atoms with Gasteiger partial charge in [-0.3, -0.25) is 0 Å². The van der Waals surface area contributed by atoms with Crippen molar-refractivity contribution >= 4 is 11.9 Å². The zero-order chi connectivity index (χ0) is 18.1. The van der Waals surface area contributed by atoms with E-state index in [4.69, 9.17) is 9.47 Å². The summed E-state index contributed by atoms with van der Waals surface area (Å²) in [5.74, 6) is -0.266. The number of ether oxygens (including phenoxy) is 2. The molecule has 0 radical (unpaired) electrons. The predicted molar refractivity (Wildman–Crippen MR) is 90.8 cm³/mol. The van der Waals surface area contributed by atoms with E-state index in [0.29, 0.717) is 23.8 Å². The van der Waals surface area contributed by atoms with Gasteiger partial charge in [0.2, 0.25) is 5.95 Å². The second-order valence-corrected chi connectivity index (χ2v) is 6.38. The van der Waals surface area contributed by atoms with Gasteiger partial charge in [-0.05, 0) is 37.5 Å². The number of benzene rings is 1. The Morgan fingerprint density at radius 2 is 2.23 bits per heavy atom. The molecule has 1 saturated heterocycles. The molecular weight excluding hydrogens is 339 g/mol. The van der Waals surface area contributed by atoms with Gasteiger partial charge in [0.05, 0.1) is 11.7 Å². The highest BCUT2D eigenvalue weighted by atomic mass is 19.1. The quantitative estimate of drug-likeness (QED) is 0.846. The Labute approximate surface area is 149 Å². The van der Waals surface area contributed by atoms with Crippen LogP contribution in [0.25, 0.3) is 0 Å². The van der Waals surface area contributed by atoms with E-state index >= 15 is 0 Å². The third kappa shape index (κ3) is 3.08. The van der Waals surface area contributed by atoms with Crippen LogP contribution in [-0.2, 0) is 14.3 Å². The second-order valence-electron chi connectivity index (χ2n) is 6.38. The minimum absolute atomic E-state index is 0.0531. The number of rotatable bonds is 4. The van der Waals surface area contributed by atoms with Crippen LogP contribution >= 0.6 is 0 Å². The number of nitrogens with zero attached hydrogens (tertiary/aromatic N) is 3. The van der Waals surface area contributed by atoms with Gasteiger partial charge in [0.1, 0.15) is 24.8 Å². The molecule has 0 bridgehead atoms. The van der Waals surface area contributed by atoms with Gasteiger partial charge >= 0.3 is 5.97 Å². The summed E-state index contributed by atoms with van der Waals surface area (Å²) >= 11 is 0. The summed E-state index contributed by atoms with van der Waals surface area (Å²) in [5, 5.41) is 7.30. The van der Waals surface area contributed by atoms with Crippen LogP contribution in [0.3, 0.4) is 0 Å². The smallest absolute Gasteiger partial charge is 0.338 e. The maximum atomic E-state index is 13.4. The Hall–Kier alpha value is -2.74. The molecule has 0 amide bonds. The van der Waals surface area contributed by atoms with E-state index in [1.54, 1.807) is 23.7 Å². The molecule has 0 aliphatic carbocycles. The minimum Gasteiger partial charge on any atom is -0.459 e. The normalized spacial score (nSPS) is 22.1. The van der Waals surface area contributed by atoms with Crippen molar-refractivity contribution in [2.45, 2.75) is 31.9 Å². The number of aromatic nitrogens is 3. The van der Waals surface area contributed by atoms with E-state index in [1.165, 1.54) is 18.5 Å². The number of carbonyl (C=O) groups is 1. The fourth-order valence-corrected chi connectivity index (χ4v) is 3.33. The third-order valence-electron chi connectivity index (χ3n) is 4.62. The summed E-state index contributed by atoms with van der Waals surface area (Å²) in [6, 6.07) is 5.46. The topological polar surface area (TPSA) is 78.3 Å². The van der Waals surface area contributed by atoms with E-state index in [1.807, 2.05) is 0 Å². The van der Waals surface area contributed by atoms with Crippen LogP contribution in [0.5, 0.6) is 0 Å². The zero-order valence-electron chi connectivity index (χ0n) is 14.3. The van der Waals surface area contributed by atoms with Gasteiger partial charge < -0.3 is 14.8 Å². The molecule has 136 valence electrons. The predicted octanol–water partition coefficient (Wildman–Crippen LogP) is 2.43. The number of hydrogen-bond donors (Lipinski definition) is 1. The third-order valence-corrected chi connectivity index (χ3v) is 4.62. The molecule has 8 heteroatoms. The van der Waals surface area contributed by atoms with Gasteiger partial charge in [0.25, 0.3) is 0 Å². The molecule has 0 saturated carbocycles. The van der Waals surface area contributed by atoms with Gasteiger partial charge in [-0.25, -0.2) is 13.9 Å². The van der Waals surface area contributed by atoms with Gasteiger partial charge in [-0.15, -0.1) is 0 Å². The highest BCUT2D eigenvalue weighted by Gasteiger charge is 2.34. The van der Waals surface area contributed by atoms with Crippen LogP contribution < -0.4 is 5.32 Å². The Morgan fingerprint density at radius 1 is 1.42 bits per heavy atom. The first kappa shape index (κ1) is 16.7. The van der Waals surface area contributed by atoms with E-state index in [2.05, 4.69) is 15.4 Å². The standard InChI is InChI=1S/C18H19FN4O3/c1-11-15(17(24)26-9-14-3-2-8-25-14)16(12-4-6-13(19)7-5-12)23-18(22-11)20-10-21-23/h4-7,10,14,16H,2-3,8-9H2,1H3,(H,20,21,22)/t14-,16+/m0/s1. The minimum atomic E-state index is -0.536. The average molecular weight is 358 g/mol. The molecule has 7 nitrogen and oxygen atoms in total. The van der Waals surface area contributed by atoms with Gasteiger partial charge in [-0.1, -0.05) is 12.1 Å². The van der Waals surface area contributed by atoms with Crippen molar-refractivity contribution in [3.8, 4) is 0 Å². The fraction of sp³-hybridized carbons (Fsp3) is 0.389. The van der Waals surface area contributed by atoms with Gasteiger partial charge in [0, 0.05) is 12.3 Å². The molecule has 0 unspecified atom stereocenters. The van der Waals surface area contributed by atoms with Crippen molar-refractivity contribution in [1.82, 2.24) is 14.8 Å². The Balaban J connectivity index is 1.65. The van der Waals surface area contributed by atoms with E-state index in [0.717, 1.165) is 18.4 Å². The monoisotopic (exact) mass is 358 g/mol. The molecule has 0 spiro atoms. The Morgan fingerprint density at radius 3 is 2.96 bits per heavy atom. The van der Waals surface area contributed by atoms with Crippen LogP contribution in [0, 0.1) is 5.82 Å². The fourth-order valence-electron chi connectivity index (χ4n) is 3.33. The molecule has 2 atom stereocenters. The lowest BCUT2D eigenvalue weighted by Gasteiger charge is -2.28. The number of fused-ring (bicyclic) bond motifs is 1. The summed E-state index contributed by atoms with van der Waals surface area (Å²) in [7, 11) is 0. The number of esters is 1. The molecule has 26 heavy (non-hydrogen) atoms. The van der Waals surface area contributed by atoms with E-state index in [-0.39, 0.29) is 18.5 Å². The number of allylic oxidation sites excluding steroid dienone is 1. The van der Waals surface area contributed by atoms with Crippen LogP contribution in [0.15, 0.2) is 41.9 Å². The van der Waals surface area contributed by atoms with Gasteiger partial charge in [-0.2, -0.15) is 10.1 Å². The van der Waals surface area contributed by atoms with Crippen molar-refractivity contribution < 1.29 is 18.7 Å². The number of halogens is 1. The first-order valence-electron chi connectivity index (χ1n) is 8.55. The highest BCUT2D eigenvalue weighted by molar-refractivity contribution is 5.92. The average Bonchev–Trinajstić information content (AvgIpc) is 3.30. The summed E-state index contributed by atoms with van der Waals surface area (Å²) in [4.78, 5) is 17.0. The van der Waals surface area contributed by atoms with Gasteiger partial charge in [0.15, 0.2) is 0 Å². The summed E-state index contributed by atoms with van der Waals surface area (Å²) in [6.45, 7) is 2.71. The summed E-state index contributed by atoms with van der Waals surface area (Å²) < 4.78 is 26.0. The molecule has 2 aromatic rings. The molecule has 2 aliphatic rings. The Bertz CT molecular complexity index is 840. The number of hydrogen-bond acceptors (Lipinski definition) is 6. The van der Waals surface area contributed by atoms with Crippen molar-refractivity contribution in [2.75, 3.05) is 18.5 Å². The lowest BCUT2D eigenvalue weighted by molar-refractivity contribution is -0.142. The molecule has 1 aromatic heterocycles. The van der Waals surface area contributed by atoms with Crippen molar-refractivity contribution in [2.24, 2.45) is 0 Å². The maximum absolute atomic E-state index is 13.4. The summed E-state index contributed by atoms with van der Waals surface area (Å²) in [5.41, 5.74) is 1.79. The first-order valence-corrected chi connectivity index (χ1v) is 8.55. The van der Waals surface area contributed by atoms with Crippen LogP contribution in [-0.4, -0.2) is 40.1 Å². The lowest BCUT2D eigenvalue weighted by atomic mass is 9.96. The molecule has 1 aromatic carbocycles. The number of nitrogens with one attached hydrogen (secondary N) is 1. The molecule has 1 N–H and O–H groups in total. The van der Waals surface area contributed by atoms with Crippen molar-refractivity contribution in [1.29, 1.82) is 0 Å². The van der Waals surface area contributed by atoms with E-state index in [9.17, 15) is 9.18 Å². The molecule has 2 aliphatic heterocycles. The largest absolute Gasteiger partial charge is 0.459 e. The molecular formula is C18H19FN4O3. The molecule has 1 fully saturated rings. The molecule has 3 heterocycles. The Kier molecular flexibility index (Phi) is 4.42. The molecule has 4 rings (SSSR count). The highest BCUT2D eigenvalue weighted by Crippen LogP contribution is 2.35. The summed E-state index contributed by atoms with van der Waals surface area (Å²) in [6.07, 6.45) is 3.22. The van der Waals surface area contributed by atoms with Crippen LogP contribution in [0.1, 0.15) is 31.4 Å². The zero-order valence-corrected chi connectivity index (χ0v) is 14.3. The van der Waals surface area contributed by atoms with Crippen LogP contribution in [0.2, 0.25) is 0 Å². The SMILES string of the molecule is CC1=C(C(=O)OC[C@@H]2CCCO2)[C@@H](c2ccc(F)cc2)n2ncnc2N1. The number of carbonyl (C=O) groups excluding carboxylic acids is 1. The second kappa shape index (κ2) is 6.87. The lowest BCUT2D eigenvalue weighted by Crippen LogP contribution is -2.30.